The van der Waals surface area contributed by atoms with Gasteiger partial charge in [0, 0.05) is 19.7 Å². The van der Waals surface area contributed by atoms with Gasteiger partial charge in [-0.1, -0.05) is 13.8 Å². The average molecular weight is 260 g/mol. The molecule has 0 aromatic carbocycles. The maximum Gasteiger partial charge on any atom is 0.324 e. The van der Waals surface area contributed by atoms with Gasteiger partial charge in [-0.05, 0) is 26.4 Å². The molecule has 0 fully saturated rings. The molecule has 0 aliphatic rings. The molecular formula is C13H28N2O3. The van der Waals surface area contributed by atoms with Crippen molar-refractivity contribution in [3.8, 4) is 0 Å². The second-order valence-electron chi connectivity index (χ2n) is 4.12. The Morgan fingerprint density at radius 2 is 2.06 bits per heavy atom. The first-order valence-electron chi connectivity index (χ1n) is 6.80. The van der Waals surface area contributed by atoms with Gasteiger partial charge in [-0.25, -0.2) is 0 Å². The molecule has 18 heavy (non-hydrogen) atoms. The Balaban J connectivity index is 4.18. The first-order chi connectivity index (χ1) is 8.69. The third-order valence-corrected chi connectivity index (χ3v) is 2.77. The lowest BCUT2D eigenvalue weighted by molar-refractivity contribution is -0.143. The molecule has 0 heterocycles. The smallest absolute Gasteiger partial charge is 0.324 e. The molecule has 0 aromatic heterocycles. The van der Waals surface area contributed by atoms with Crippen LogP contribution < -0.4 is 5.32 Å². The summed E-state index contributed by atoms with van der Waals surface area (Å²) in [6.07, 6.45) is 0.999. The van der Waals surface area contributed by atoms with Gasteiger partial charge in [0.2, 0.25) is 0 Å². The van der Waals surface area contributed by atoms with Crippen LogP contribution in [0.15, 0.2) is 0 Å². The summed E-state index contributed by atoms with van der Waals surface area (Å²) >= 11 is 0. The van der Waals surface area contributed by atoms with E-state index in [2.05, 4.69) is 24.1 Å². The van der Waals surface area contributed by atoms with Crippen LogP contribution in [0.25, 0.3) is 0 Å². The van der Waals surface area contributed by atoms with Crippen LogP contribution in [-0.4, -0.2) is 63.4 Å². The Kier molecular flexibility index (Phi) is 11.0. The number of rotatable bonds is 11. The highest BCUT2D eigenvalue weighted by molar-refractivity contribution is 5.75. The largest absolute Gasteiger partial charge is 0.468 e. The summed E-state index contributed by atoms with van der Waals surface area (Å²) in [6, 6.07) is -0.253. The van der Waals surface area contributed by atoms with E-state index in [9.17, 15) is 4.79 Å². The van der Waals surface area contributed by atoms with Crippen molar-refractivity contribution in [2.75, 3.05) is 46.5 Å². The Hall–Kier alpha value is -0.650. The minimum absolute atomic E-state index is 0.196. The van der Waals surface area contributed by atoms with Gasteiger partial charge in [0.15, 0.2) is 0 Å². The Morgan fingerprint density at radius 3 is 2.56 bits per heavy atom. The van der Waals surface area contributed by atoms with Crippen LogP contribution >= 0.6 is 0 Å². The fraction of sp³-hybridized carbons (Fsp3) is 0.923. The van der Waals surface area contributed by atoms with Gasteiger partial charge in [0.1, 0.15) is 6.04 Å². The van der Waals surface area contributed by atoms with Crippen LogP contribution in [0.3, 0.4) is 0 Å². The second kappa shape index (κ2) is 11.4. The molecule has 0 saturated heterocycles. The predicted octanol–water partition coefficient (Wildman–Crippen LogP) is 0.886. The first kappa shape index (κ1) is 17.4. The van der Waals surface area contributed by atoms with Crippen LogP contribution in [0, 0.1) is 0 Å². The van der Waals surface area contributed by atoms with Crippen molar-refractivity contribution in [3.05, 3.63) is 0 Å². The zero-order chi connectivity index (χ0) is 13.8. The van der Waals surface area contributed by atoms with Crippen LogP contribution in [0.4, 0.5) is 0 Å². The molecule has 1 unspecified atom stereocenters. The van der Waals surface area contributed by atoms with Crippen molar-refractivity contribution < 1.29 is 14.3 Å². The highest BCUT2D eigenvalue weighted by atomic mass is 16.5. The standard InChI is InChI=1S/C13H28N2O3/c1-5-8-14-12(13(16)17-4)11-15(6-2)9-10-18-7-3/h12,14H,5-11H2,1-4H3. The summed E-state index contributed by atoms with van der Waals surface area (Å²) in [7, 11) is 1.43. The Bertz CT molecular complexity index is 212. The highest BCUT2D eigenvalue weighted by Crippen LogP contribution is 1.96. The number of methoxy groups -OCH3 is 1. The zero-order valence-electron chi connectivity index (χ0n) is 12.2. The molecule has 0 saturated carbocycles. The van der Waals surface area contributed by atoms with Crippen molar-refractivity contribution in [2.45, 2.75) is 33.2 Å². The molecule has 1 N–H and O–H groups in total. The molecule has 5 heteroatoms. The quantitative estimate of drug-likeness (QED) is 0.441. The highest BCUT2D eigenvalue weighted by Gasteiger charge is 2.20. The average Bonchev–Trinajstić information content (AvgIpc) is 2.40. The van der Waals surface area contributed by atoms with E-state index in [4.69, 9.17) is 9.47 Å². The summed E-state index contributed by atoms with van der Waals surface area (Å²) < 4.78 is 10.2. The molecule has 108 valence electrons. The molecule has 0 aliphatic heterocycles. The van der Waals surface area contributed by atoms with Crippen molar-refractivity contribution in [2.24, 2.45) is 0 Å². The summed E-state index contributed by atoms with van der Waals surface area (Å²) in [6.45, 7) is 10.8. The maximum absolute atomic E-state index is 11.7. The van der Waals surface area contributed by atoms with E-state index in [1.54, 1.807) is 0 Å². The monoisotopic (exact) mass is 260 g/mol. The minimum atomic E-state index is -0.253. The van der Waals surface area contributed by atoms with Crippen LogP contribution in [0.1, 0.15) is 27.2 Å². The molecular weight excluding hydrogens is 232 g/mol. The van der Waals surface area contributed by atoms with Crippen molar-refractivity contribution >= 4 is 5.97 Å². The SMILES string of the molecule is CCCNC(CN(CC)CCOCC)C(=O)OC. The lowest BCUT2D eigenvalue weighted by atomic mass is 10.2. The van der Waals surface area contributed by atoms with E-state index in [1.165, 1.54) is 7.11 Å². The number of ether oxygens (including phenoxy) is 2. The number of hydrogen-bond donors (Lipinski definition) is 1. The predicted molar refractivity (Wildman–Crippen MR) is 72.7 cm³/mol. The van der Waals surface area contributed by atoms with Gasteiger partial charge in [0.25, 0.3) is 0 Å². The van der Waals surface area contributed by atoms with E-state index in [-0.39, 0.29) is 12.0 Å². The van der Waals surface area contributed by atoms with Gasteiger partial charge >= 0.3 is 5.97 Å². The minimum Gasteiger partial charge on any atom is -0.468 e. The number of likely N-dealkylation sites (N-methyl/N-ethyl adjacent to an activating group) is 1. The van der Waals surface area contributed by atoms with Crippen LogP contribution in [0.2, 0.25) is 0 Å². The summed E-state index contributed by atoms with van der Waals surface area (Å²) in [5.74, 6) is -0.196. The van der Waals surface area contributed by atoms with Crippen LogP contribution in [-0.2, 0) is 14.3 Å². The van der Waals surface area contributed by atoms with E-state index in [0.29, 0.717) is 13.2 Å². The van der Waals surface area contributed by atoms with E-state index in [0.717, 1.165) is 32.7 Å². The van der Waals surface area contributed by atoms with Gasteiger partial charge < -0.3 is 14.8 Å². The Labute approximate surface area is 111 Å². The first-order valence-corrected chi connectivity index (χ1v) is 6.80. The number of nitrogens with zero attached hydrogens (tertiary/aromatic N) is 1. The second-order valence-corrected chi connectivity index (χ2v) is 4.12. The third kappa shape index (κ3) is 7.63. The van der Waals surface area contributed by atoms with E-state index < -0.39 is 0 Å². The van der Waals surface area contributed by atoms with Crippen molar-refractivity contribution in [1.82, 2.24) is 10.2 Å². The fourth-order valence-electron chi connectivity index (χ4n) is 1.66. The summed E-state index contributed by atoms with van der Waals surface area (Å²) in [5, 5.41) is 3.22. The third-order valence-electron chi connectivity index (χ3n) is 2.77. The molecule has 0 bridgehead atoms. The number of carbonyl (C=O) groups excluding carboxylic acids is 1. The van der Waals surface area contributed by atoms with Gasteiger partial charge in [-0.2, -0.15) is 0 Å². The number of carbonyl (C=O) groups is 1. The topological polar surface area (TPSA) is 50.8 Å². The molecule has 0 spiro atoms. The maximum atomic E-state index is 11.7. The summed E-state index contributed by atoms with van der Waals surface area (Å²) in [4.78, 5) is 13.9. The lowest BCUT2D eigenvalue weighted by Crippen LogP contribution is -2.47. The zero-order valence-corrected chi connectivity index (χ0v) is 12.2. The number of esters is 1. The van der Waals surface area contributed by atoms with Gasteiger partial charge in [-0.15, -0.1) is 0 Å². The van der Waals surface area contributed by atoms with Gasteiger partial charge in [-0.3, -0.25) is 9.69 Å². The lowest BCUT2D eigenvalue weighted by Gasteiger charge is -2.25. The molecule has 0 rings (SSSR count). The van der Waals surface area contributed by atoms with Crippen molar-refractivity contribution in [3.63, 3.8) is 0 Å². The molecule has 0 aliphatic carbocycles. The molecule has 0 amide bonds. The van der Waals surface area contributed by atoms with E-state index in [1.807, 2.05) is 6.92 Å². The molecule has 0 radical (unpaired) electrons. The number of nitrogens with one attached hydrogen (secondary N) is 1. The summed E-state index contributed by atoms with van der Waals surface area (Å²) in [5.41, 5.74) is 0. The molecule has 5 nitrogen and oxygen atoms in total. The van der Waals surface area contributed by atoms with Gasteiger partial charge in [0.05, 0.1) is 13.7 Å². The van der Waals surface area contributed by atoms with Crippen LogP contribution in [0.5, 0.6) is 0 Å². The normalized spacial score (nSPS) is 12.7. The van der Waals surface area contributed by atoms with E-state index >= 15 is 0 Å². The Morgan fingerprint density at radius 1 is 1.33 bits per heavy atom. The fourth-order valence-corrected chi connectivity index (χ4v) is 1.66. The van der Waals surface area contributed by atoms with Crippen molar-refractivity contribution in [1.29, 1.82) is 0 Å². The molecule has 1 atom stereocenters. The number of hydrogen-bond acceptors (Lipinski definition) is 5. The molecule has 0 aromatic rings.